The van der Waals surface area contributed by atoms with Gasteiger partial charge in [-0.3, -0.25) is 0 Å². The van der Waals surface area contributed by atoms with Gasteiger partial charge in [-0.2, -0.15) is 43.9 Å². The van der Waals surface area contributed by atoms with Crippen molar-refractivity contribution in [3.8, 4) is 0 Å². The molecule has 0 unspecified atom stereocenters. The van der Waals surface area contributed by atoms with Gasteiger partial charge in [-0.1, -0.05) is 4.90 Å². The highest BCUT2D eigenvalue weighted by molar-refractivity contribution is 4.78. The van der Waals surface area contributed by atoms with Crippen molar-refractivity contribution < 1.29 is 43.9 Å². The van der Waals surface area contributed by atoms with Crippen molar-refractivity contribution in [1.29, 1.82) is 0 Å². The van der Waals surface area contributed by atoms with E-state index in [-0.39, 0.29) is 0 Å². The van der Waals surface area contributed by atoms with Crippen LogP contribution in [-0.4, -0.2) is 30.0 Å². The molecule has 0 aromatic heterocycles. The molecule has 0 aromatic carbocycles. The number of hydrogen-bond acceptors (Lipinski definition) is 1. The Labute approximate surface area is 75.2 Å². The smallest absolute Gasteiger partial charge is 0.191 e. The Bertz CT molecular complexity index is 212. The summed E-state index contributed by atoms with van der Waals surface area (Å²) in [5.74, 6) is 0. The summed E-state index contributed by atoms with van der Waals surface area (Å²) in [6.45, 7) is -5.03. The van der Waals surface area contributed by atoms with Gasteiger partial charge >= 0.3 is 25.1 Å². The van der Waals surface area contributed by atoms with Crippen molar-refractivity contribution in [2.75, 3.05) is 0 Å². The number of rotatable bonds is 2. The van der Waals surface area contributed by atoms with Crippen LogP contribution >= 0.6 is 0 Å². The molecule has 0 fully saturated rings. The van der Waals surface area contributed by atoms with Crippen LogP contribution in [0, 0.1) is 0 Å². The van der Waals surface area contributed by atoms with Gasteiger partial charge in [0.2, 0.25) is 0 Å². The quantitative estimate of drug-likeness (QED) is 0.539. The molecule has 0 bridgehead atoms. The first kappa shape index (κ1) is 14.3. The van der Waals surface area contributed by atoms with Crippen molar-refractivity contribution in [3.05, 3.63) is 0 Å². The third-order valence-electron chi connectivity index (χ3n) is 1.11. The fraction of sp³-hybridized carbons (Fsp3) is 1.00. The molecule has 1 nitrogen and oxygen atoms in total. The zero-order valence-corrected chi connectivity index (χ0v) is 6.30. The first-order valence-electron chi connectivity index (χ1n) is 2.90. The van der Waals surface area contributed by atoms with E-state index in [4.69, 9.17) is 0 Å². The fourth-order valence-electron chi connectivity index (χ4n) is 0.529. The van der Waals surface area contributed by atoms with Crippen LogP contribution in [0.1, 0.15) is 0 Å². The highest BCUT2D eigenvalue weighted by Crippen LogP contribution is 2.44. The summed E-state index contributed by atoms with van der Waals surface area (Å²) in [5.41, 5.74) is 0. The van der Waals surface area contributed by atoms with Gasteiger partial charge in [-0.15, -0.1) is 0 Å². The van der Waals surface area contributed by atoms with E-state index in [1.54, 1.807) is 0 Å². The number of alkyl halides is 10. The van der Waals surface area contributed by atoms with Crippen LogP contribution in [0.3, 0.4) is 0 Å². The van der Waals surface area contributed by atoms with E-state index in [0.29, 0.717) is 0 Å². The molecule has 0 aliphatic heterocycles. The van der Waals surface area contributed by atoms with Crippen LogP contribution in [0.25, 0.3) is 0 Å². The summed E-state index contributed by atoms with van der Waals surface area (Å²) in [5, 5.41) is 0. The van der Waals surface area contributed by atoms with E-state index in [1.807, 2.05) is 0 Å². The topological polar surface area (TPSA) is 3.24 Å². The monoisotopic (exact) mass is 253 g/mol. The molecule has 92 valence electrons. The molecule has 0 atom stereocenters. The number of halogens is 10. The molecule has 0 saturated heterocycles. The highest BCUT2D eigenvalue weighted by atomic mass is 19.4. The first-order chi connectivity index (χ1) is 6.32. The van der Waals surface area contributed by atoms with Crippen molar-refractivity contribution >= 4 is 0 Å². The van der Waals surface area contributed by atoms with Crippen LogP contribution in [-0.2, 0) is 0 Å². The predicted molar refractivity (Wildman–Crippen MR) is 24.9 cm³/mol. The summed E-state index contributed by atoms with van der Waals surface area (Å²) in [4.78, 5) is -3.17. The minimum absolute atomic E-state index is 3.17. The molecule has 0 amide bonds. The van der Waals surface area contributed by atoms with Crippen molar-refractivity contribution in [2.24, 2.45) is 0 Å². The normalized spacial score (nSPS) is 15.2. The van der Waals surface area contributed by atoms with Crippen molar-refractivity contribution in [3.63, 3.8) is 0 Å². The van der Waals surface area contributed by atoms with E-state index in [2.05, 4.69) is 0 Å². The molecule has 0 heterocycles. The molecule has 0 aromatic rings. The van der Waals surface area contributed by atoms with Gasteiger partial charge in [0.1, 0.15) is 0 Å². The SMILES string of the molecule is FC(F)N(C(F)(F)F)C(F)(F)C(F)(F)F. The lowest BCUT2D eigenvalue weighted by atomic mass is 10.4. The zero-order valence-electron chi connectivity index (χ0n) is 6.30. The van der Waals surface area contributed by atoms with E-state index in [1.165, 1.54) is 0 Å². The molecule has 11 heteroatoms. The van der Waals surface area contributed by atoms with Gasteiger partial charge in [-0.05, 0) is 0 Å². The molecule has 0 aliphatic carbocycles. The Morgan fingerprint density at radius 3 is 1.13 bits per heavy atom. The maximum Gasteiger partial charge on any atom is 0.469 e. The Kier molecular flexibility index (Phi) is 3.50. The van der Waals surface area contributed by atoms with Crippen LogP contribution in [0.4, 0.5) is 43.9 Å². The lowest BCUT2D eigenvalue weighted by molar-refractivity contribution is -0.438. The van der Waals surface area contributed by atoms with E-state index < -0.39 is 30.0 Å². The maximum absolute atomic E-state index is 11.9. The third-order valence-corrected chi connectivity index (χ3v) is 1.11. The molecule has 0 aliphatic rings. The molecule has 0 spiro atoms. The van der Waals surface area contributed by atoms with Gasteiger partial charge in [-0.25, -0.2) is 0 Å². The lowest BCUT2D eigenvalue weighted by Gasteiger charge is -2.32. The second-order valence-corrected chi connectivity index (χ2v) is 2.15. The second kappa shape index (κ2) is 3.68. The first-order valence-corrected chi connectivity index (χ1v) is 2.90. The highest BCUT2D eigenvalue weighted by Gasteiger charge is 2.70. The summed E-state index contributed by atoms with van der Waals surface area (Å²) in [6, 6.07) is -6.68. The molecule has 15 heavy (non-hydrogen) atoms. The third kappa shape index (κ3) is 2.86. The number of nitrogens with zero attached hydrogens (tertiary/aromatic N) is 1. The Morgan fingerprint density at radius 2 is 1.07 bits per heavy atom. The average Bonchev–Trinajstić information content (AvgIpc) is 1.76. The summed E-state index contributed by atoms with van der Waals surface area (Å²) < 4.78 is 115. The van der Waals surface area contributed by atoms with E-state index >= 15 is 0 Å². The second-order valence-electron chi connectivity index (χ2n) is 2.15. The summed E-state index contributed by atoms with van der Waals surface area (Å²) in [7, 11) is 0. The van der Waals surface area contributed by atoms with E-state index in [9.17, 15) is 43.9 Å². The number of hydrogen-bond donors (Lipinski definition) is 0. The van der Waals surface area contributed by atoms with Crippen LogP contribution in [0.5, 0.6) is 0 Å². The standard InChI is InChI=1S/C4HF10N/c5-1(6)15(4(12,13)14)3(10,11)2(7,8)9/h1H. The summed E-state index contributed by atoms with van der Waals surface area (Å²) in [6.07, 6.45) is -13.3. The van der Waals surface area contributed by atoms with Gasteiger partial charge < -0.3 is 0 Å². The van der Waals surface area contributed by atoms with Gasteiger partial charge in [0.15, 0.2) is 0 Å². The van der Waals surface area contributed by atoms with Crippen molar-refractivity contribution in [2.45, 2.75) is 25.1 Å². The minimum Gasteiger partial charge on any atom is -0.191 e. The van der Waals surface area contributed by atoms with E-state index in [0.717, 1.165) is 0 Å². The zero-order chi connectivity index (χ0) is 12.7. The Hall–Kier alpha value is -0.740. The maximum atomic E-state index is 11.9. The minimum atomic E-state index is -6.75. The van der Waals surface area contributed by atoms with Crippen LogP contribution < -0.4 is 0 Å². The van der Waals surface area contributed by atoms with Crippen LogP contribution in [0.15, 0.2) is 0 Å². The largest absolute Gasteiger partial charge is 0.469 e. The van der Waals surface area contributed by atoms with Gasteiger partial charge in [0.25, 0.3) is 0 Å². The van der Waals surface area contributed by atoms with Gasteiger partial charge in [0.05, 0.1) is 0 Å². The molecule has 0 radical (unpaired) electrons. The van der Waals surface area contributed by atoms with Gasteiger partial charge in [0, 0.05) is 0 Å². The molecule has 0 N–H and O–H groups in total. The Morgan fingerprint density at radius 1 is 0.733 bits per heavy atom. The molecular weight excluding hydrogens is 252 g/mol. The van der Waals surface area contributed by atoms with Crippen molar-refractivity contribution in [1.82, 2.24) is 4.90 Å². The average molecular weight is 253 g/mol. The summed E-state index contributed by atoms with van der Waals surface area (Å²) >= 11 is 0. The molecule has 0 rings (SSSR count). The lowest BCUT2D eigenvalue weighted by Crippen LogP contribution is -2.60. The molecule has 0 saturated carbocycles. The predicted octanol–water partition coefficient (Wildman–Crippen LogP) is 3.19. The fourth-order valence-corrected chi connectivity index (χ4v) is 0.529. The van der Waals surface area contributed by atoms with Crippen LogP contribution in [0.2, 0.25) is 0 Å². The Balaban J connectivity index is 5.28. The molecular formula is C4HF10N.